The summed E-state index contributed by atoms with van der Waals surface area (Å²) in [5.41, 5.74) is 2.25. The molecule has 0 bridgehead atoms. The van der Waals surface area contributed by atoms with Gasteiger partial charge in [-0.3, -0.25) is 0 Å². The molecule has 1 saturated heterocycles. The summed E-state index contributed by atoms with van der Waals surface area (Å²) >= 11 is 0. The molecule has 3 heterocycles. The van der Waals surface area contributed by atoms with Crippen LogP contribution in [0.15, 0.2) is 49.1 Å². The van der Waals surface area contributed by atoms with Crippen LogP contribution in [-0.2, 0) is 0 Å². The molecule has 0 saturated carbocycles. The van der Waals surface area contributed by atoms with Crippen LogP contribution in [-0.4, -0.2) is 51.7 Å². The number of fused-ring (bicyclic) bond motifs is 2. The minimum atomic E-state index is -0.221. The van der Waals surface area contributed by atoms with Crippen LogP contribution < -0.4 is 20.3 Å². The van der Waals surface area contributed by atoms with Gasteiger partial charge in [0.05, 0.1) is 12.4 Å². The fourth-order valence-corrected chi connectivity index (χ4v) is 4.22. The zero-order valence-electron chi connectivity index (χ0n) is 17.8. The average Bonchev–Trinajstić information content (AvgIpc) is 3.47. The first kappa shape index (κ1) is 20.0. The minimum absolute atomic E-state index is 0.191. The van der Waals surface area contributed by atoms with Crippen LogP contribution >= 0.6 is 0 Å². The first-order valence-corrected chi connectivity index (χ1v) is 10.8. The number of aromatic amines is 1. The quantitative estimate of drug-likeness (QED) is 0.430. The molecule has 0 spiro atoms. The number of aromatic nitrogens is 4. The fraction of sp³-hybridized carbons (Fsp3) is 0.304. The number of benzene rings is 2. The minimum Gasteiger partial charge on any atom is -0.491 e. The highest BCUT2D eigenvalue weighted by atomic mass is 16.5. The summed E-state index contributed by atoms with van der Waals surface area (Å²) in [6.07, 6.45) is 5.30. The molecule has 5 rings (SSSR count). The van der Waals surface area contributed by atoms with Gasteiger partial charge < -0.3 is 25.3 Å². The third-order valence-corrected chi connectivity index (χ3v) is 5.72. The maximum atomic E-state index is 11.9. The van der Waals surface area contributed by atoms with Crippen molar-refractivity contribution in [1.29, 1.82) is 0 Å². The number of hydrogen-bond donors (Lipinski definition) is 3. The molecule has 32 heavy (non-hydrogen) atoms. The number of carbonyl (C=O) groups excluding carboxylic acids is 1. The lowest BCUT2D eigenvalue weighted by Crippen LogP contribution is -2.35. The van der Waals surface area contributed by atoms with Gasteiger partial charge in [-0.1, -0.05) is 18.2 Å². The Morgan fingerprint density at radius 3 is 3.09 bits per heavy atom. The van der Waals surface area contributed by atoms with Gasteiger partial charge in [0.1, 0.15) is 24.2 Å². The van der Waals surface area contributed by atoms with Gasteiger partial charge in [0.25, 0.3) is 0 Å². The van der Waals surface area contributed by atoms with E-state index in [2.05, 4.69) is 35.5 Å². The molecule has 2 aromatic carbocycles. The second kappa shape index (κ2) is 8.70. The molecule has 1 aliphatic heterocycles. The molecule has 164 valence electrons. The lowest BCUT2D eigenvalue weighted by Gasteiger charge is -2.26. The normalized spacial score (nSPS) is 15.9. The molecule has 1 fully saturated rings. The van der Waals surface area contributed by atoms with Crippen molar-refractivity contribution in [3.05, 3.63) is 49.1 Å². The number of carbonyl (C=O) groups is 1. The van der Waals surface area contributed by atoms with Crippen molar-refractivity contribution in [1.82, 2.24) is 25.3 Å². The molecule has 4 aromatic rings. The summed E-state index contributed by atoms with van der Waals surface area (Å²) in [6, 6.07) is 11.8. The van der Waals surface area contributed by atoms with E-state index >= 15 is 0 Å². The van der Waals surface area contributed by atoms with Crippen LogP contribution in [0.5, 0.6) is 5.75 Å². The summed E-state index contributed by atoms with van der Waals surface area (Å²) in [5.74, 6) is 1.63. The highest BCUT2D eigenvalue weighted by Crippen LogP contribution is 2.31. The van der Waals surface area contributed by atoms with E-state index in [4.69, 9.17) is 4.74 Å². The highest BCUT2D eigenvalue weighted by Gasteiger charge is 2.28. The first-order chi connectivity index (χ1) is 15.7. The van der Waals surface area contributed by atoms with Crippen molar-refractivity contribution in [3.8, 4) is 5.75 Å². The third kappa shape index (κ3) is 3.89. The highest BCUT2D eigenvalue weighted by molar-refractivity contribution is 5.95. The fourth-order valence-electron chi connectivity index (χ4n) is 4.22. The Morgan fingerprint density at radius 1 is 1.25 bits per heavy atom. The summed E-state index contributed by atoms with van der Waals surface area (Å²) in [7, 11) is 0. The molecule has 2 aromatic heterocycles. The van der Waals surface area contributed by atoms with E-state index in [-0.39, 0.29) is 12.1 Å². The topological polar surface area (TPSA) is 108 Å². The molecule has 9 heteroatoms. The summed E-state index contributed by atoms with van der Waals surface area (Å²) < 4.78 is 6.31. The van der Waals surface area contributed by atoms with Gasteiger partial charge in [0.2, 0.25) is 0 Å². The van der Waals surface area contributed by atoms with E-state index in [9.17, 15) is 4.79 Å². The number of nitrogens with one attached hydrogen (secondary N) is 3. The Labute approximate surface area is 185 Å². The first-order valence-electron chi connectivity index (χ1n) is 10.8. The van der Waals surface area contributed by atoms with Crippen molar-refractivity contribution < 1.29 is 9.53 Å². The zero-order valence-corrected chi connectivity index (χ0v) is 17.8. The van der Waals surface area contributed by atoms with E-state index in [0.29, 0.717) is 13.2 Å². The molecule has 0 unspecified atom stereocenters. The number of nitrogens with zero attached hydrogens (tertiary/aromatic N) is 4. The largest absolute Gasteiger partial charge is 0.491 e. The summed E-state index contributed by atoms with van der Waals surface area (Å²) in [5, 5.41) is 7.63. The van der Waals surface area contributed by atoms with Crippen LogP contribution in [0.25, 0.3) is 21.9 Å². The smallest absolute Gasteiger partial charge is 0.319 e. The predicted molar refractivity (Wildman–Crippen MR) is 124 cm³/mol. The standard InChI is InChI=1S/C23H25N7O2/c1-2-24-23(31)29-16-9-8-15-5-3-7-19(18(15)11-16)32-12-17-6-4-10-30(17)22-20-21(26-13-25-20)27-14-28-22/h3,5,7-9,11,13-14,17H,2,4,6,10,12H2,1H3,(H2,24,29,31)(H,25,26,27,28)/t17-/m1/s1. The molecule has 2 amide bonds. The van der Waals surface area contributed by atoms with Crippen LogP contribution in [0.2, 0.25) is 0 Å². The second-order valence-electron chi connectivity index (χ2n) is 7.77. The van der Waals surface area contributed by atoms with Gasteiger partial charge in [0.15, 0.2) is 11.5 Å². The predicted octanol–water partition coefficient (Wildman–Crippen LogP) is 3.70. The monoisotopic (exact) mass is 431 g/mol. The van der Waals surface area contributed by atoms with Crippen molar-refractivity contribution in [2.24, 2.45) is 0 Å². The number of H-pyrrole nitrogens is 1. The molecule has 1 aliphatic rings. The van der Waals surface area contributed by atoms with E-state index in [0.717, 1.165) is 58.6 Å². The van der Waals surface area contributed by atoms with Crippen molar-refractivity contribution in [2.75, 3.05) is 29.9 Å². The molecule has 0 aliphatic carbocycles. The van der Waals surface area contributed by atoms with Crippen LogP contribution in [0.3, 0.4) is 0 Å². The van der Waals surface area contributed by atoms with Gasteiger partial charge in [-0.2, -0.15) is 0 Å². The number of imidazole rings is 1. The molecular weight excluding hydrogens is 406 g/mol. The van der Waals surface area contributed by atoms with Crippen LogP contribution in [0.4, 0.5) is 16.3 Å². The van der Waals surface area contributed by atoms with Crippen LogP contribution in [0.1, 0.15) is 19.8 Å². The van der Waals surface area contributed by atoms with Crippen LogP contribution in [0, 0.1) is 0 Å². The van der Waals surface area contributed by atoms with Gasteiger partial charge in [-0.05, 0) is 43.4 Å². The lowest BCUT2D eigenvalue weighted by molar-refractivity contribution is 0.252. The number of ether oxygens (including phenoxy) is 1. The molecular formula is C23H25N7O2. The molecule has 0 radical (unpaired) electrons. The number of urea groups is 1. The Bertz CT molecular complexity index is 1260. The molecule has 9 nitrogen and oxygen atoms in total. The van der Waals surface area contributed by atoms with Crippen molar-refractivity contribution in [2.45, 2.75) is 25.8 Å². The van der Waals surface area contributed by atoms with Crippen molar-refractivity contribution >= 4 is 39.5 Å². The Hall–Kier alpha value is -3.88. The van der Waals surface area contributed by atoms with Gasteiger partial charge in [-0.15, -0.1) is 0 Å². The number of rotatable bonds is 6. The van der Waals surface area contributed by atoms with E-state index in [1.54, 1.807) is 12.7 Å². The maximum absolute atomic E-state index is 11.9. The maximum Gasteiger partial charge on any atom is 0.319 e. The Balaban J connectivity index is 1.36. The second-order valence-corrected chi connectivity index (χ2v) is 7.77. The summed E-state index contributed by atoms with van der Waals surface area (Å²) in [6.45, 7) is 3.89. The van der Waals surface area contributed by atoms with E-state index in [1.165, 1.54) is 0 Å². The third-order valence-electron chi connectivity index (χ3n) is 5.72. The number of hydrogen-bond acceptors (Lipinski definition) is 6. The molecule has 1 atom stereocenters. The van der Waals surface area contributed by atoms with Gasteiger partial charge in [-0.25, -0.2) is 19.7 Å². The summed E-state index contributed by atoms with van der Waals surface area (Å²) in [4.78, 5) is 30.4. The Kier molecular flexibility index (Phi) is 5.45. The number of anilines is 2. The molecule has 3 N–H and O–H groups in total. The lowest BCUT2D eigenvalue weighted by atomic mass is 10.1. The average molecular weight is 432 g/mol. The van der Waals surface area contributed by atoms with E-state index < -0.39 is 0 Å². The van der Waals surface area contributed by atoms with Gasteiger partial charge >= 0.3 is 6.03 Å². The SMILES string of the molecule is CCNC(=O)Nc1ccc2cccc(OC[C@H]3CCCN3c3ncnc4[nH]cnc34)c2c1. The number of amides is 2. The van der Waals surface area contributed by atoms with E-state index in [1.807, 2.05) is 43.3 Å². The van der Waals surface area contributed by atoms with Gasteiger partial charge in [0, 0.05) is 24.2 Å². The Morgan fingerprint density at radius 2 is 2.19 bits per heavy atom. The van der Waals surface area contributed by atoms with Crippen molar-refractivity contribution in [3.63, 3.8) is 0 Å². The zero-order chi connectivity index (χ0) is 21.9.